The number of nitrogens with zero attached hydrogens (tertiary/aromatic N) is 2. The van der Waals surface area contributed by atoms with Gasteiger partial charge in [-0.2, -0.15) is 5.10 Å². The Labute approximate surface area is 210 Å². The van der Waals surface area contributed by atoms with Crippen LogP contribution in [0.4, 0.5) is 0 Å². The number of aryl methyl sites for hydroxylation is 1. The van der Waals surface area contributed by atoms with E-state index in [1.165, 1.54) is 36.0 Å². The summed E-state index contributed by atoms with van der Waals surface area (Å²) in [5.41, 5.74) is 5.76. The van der Waals surface area contributed by atoms with E-state index in [1.807, 2.05) is 18.2 Å². The number of rotatable bonds is 8. The van der Waals surface area contributed by atoms with Gasteiger partial charge in [0, 0.05) is 22.0 Å². The Morgan fingerprint density at radius 2 is 1.79 bits per heavy atom. The molecule has 0 amide bonds. The van der Waals surface area contributed by atoms with E-state index in [4.69, 9.17) is 14.6 Å². The zero-order chi connectivity index (χ0) is 23.5. The van der Waals surface area contributed by atoms with Gasteiger partial charge in [0.05, 0.1) is 18.4 Å². The SMILES string of the molecule is CCCCCCOc1ccc([C@@H]2Oc3ccc(Br)cc3[C@@H]3CC(c4ccc(C)cc4)=NN32)cc1. The second kappa shape index (κ2) is 10.2. The van der Waals surface area contributed by atoms with E-state index in [0.29, 0.717) is 0 Å². The highest BCUT2D eigenvalue weighted by atomic mass is 79.9. The number of unbranched alkanes of at least 4 members (excludes halogenated alkanes) is 3. The van der Waals surface area contributed by atoms with Crippen molar-refractivity contribution in [2.45, 2.75) is 58.2 Å². The maximum absolute atomic E-state index is 6.51. The number of hydrogen-bond acceptors (Lipinski definition) is 4. The zero-order valence-corrected chi connectivity index (χ0v) is 21.4. The molecule has 2 aliphatic heterocycles. The Bertz CT molecular complexity index is 1160. The van der Waals surface area contributed by atoms with E-state index in [0.717, 1.165) is 46.7 Å². The van der Waals surface area contributed by atoms with Crippen LogP contribution in [0.15, 0.2) is 76.3 Å². The fourth-order valence-corrected chi connectivity index (χ4v) is 5.02. The first-order valence-corrected chi connectivity index (χ1v) is 13.0. The molecule has 2 heterocycles. The molecule has 0 unspecified atom stereocenters. The summed E-state index contributed by atoms with van der Waals surface area (Å²) in [5, 5.41) is 7.20. The van der Waals surface area contributed by atoms with E-state index < -0.39 is 0 Å². The molecule has 4 nitrogen and oxygen atoms in total. The van der Waals surface area contributed by atoms with Crippen LogP contribution in [0.5, 0.6) is 11.5 Å². The van der Waals surface area contributed by atoms with Gasteiger partial charge in [-0.05, 0) is 61.4 Å². The summed E-state index contributed by atoms with van der Waals surface area (Å²) in [5.74, 6) is 1.83. The molecule has 2 aliphatic rings. The van der Waals surface area contributed by atoms with Crippen molar-refractivity contribution >= 4 is 21.6 Å². The van der Waals surface area contributed by atoms with Crippen molar-refractivity contribution in [3.05, 3.63) is 93.5 Å². The summed E-state index contributed by atoms with van der Waals surface area (Å²) < 4.78 is 13.5. The number of benzene rings is 3. The maximum Gasteiger partial charge on any atom is 0.213 e. The molecule has 0 saturated heterocycles. The fourth-order valence-electron chi connectivity index (χ4n) is 4.65. The van der Waals surface area contributed by atoms with Gasteiger partial charge in [-0.15, -0.1) is 0 Å². The third-order valence-electron chi connectivity index (χ3n) is 6.57. The van der Waals surface area contributed by atoms with Gasteiger partial charge < -0.3 is 9.47 Å². The zero-order valence-electron chi connectivity index (χ0n) is 19.8. The van der Waals surface area contributed by atoms with E-state index in [9.17, 15) is 0 Å². The van der Waals surface area contributed by atoms with Crippen LogP contribution in [-0.2, 0) is 0 Å². The number of fused-ring (bicyclic) bond motifs is 3. The lowest BCUT2D eigenvalue weighted by Crippen LogP contribution is -2.33. The topological polar surface area (TPSA) is 34.1 Å². The normalized spacial score (nSPS) is 18.7. The molecule has 5 rings (SSSR count). The minimum Gasteiger partial charge on any atom is -0.494 e. The third-order valence-corrected chi connectivity index (χ3v) is 7.06. The van der Waals surface area contributed by atoms with Crippen molar-refractivity contribution in [1.82, 2.24) is 5.01 Å². The van der Waals surface area contributed by atoms with Gasteiger partial charge in [0.2, 0.25) is 6.23 Å². The van der Waals surface area contributed by atoms with Gasteiger partial charge >= 0.3 is 0 Å². The second-order valence-electron chi connectivity index (χ2n) is 9.14. The molecular formula is C29H31BrN2O2. The maximum atomic E-state index is 6.51. The molecule has 5 heteroatoms. The molecule has 2 atom stereocenters. The molecule has 0 saturated carbocycles. The van der Waals surface area contributed by atoms with Crippen molar-refractivity contribution in [2.75, 3.05) is 6.61 Å². The molecule has 0 fully saturated rings. The molecule has 0 aromatic heterocycles. The molecule has 0 aliphatic carbocycles. The highest BCUT2D eigenvalue weighted by Gasteiger charge is 2.41. The number of halogens is 1. The fraction of sp³-hybridized carbons (Fsp3) is 0.345. The first-order valence-electron chi connectivity index (χ1n) is 12.2. The summed E-state index contributed by atoms with van der Waals surface area (Å²) in [6, 6.07) is 23.3. The van der Waals surface area contributed by atoms with Gasteiger partial charge in [0.25, 0.3) is 0 Å². The molecular weight excluding hydrogens is 488 g/mol. The lowest BCUT2D eigenvalue weighted by Gasteiger charge is -2.38. The Morgan fingerprint density at radius 1 is 1.00 bits per heavy atom. The molecule has 0 bridgehead atoms. The molecule has 34 heavy (non-hydrogen) atoms. The van der Waals surface area contributed by atoms with Gasteiger partial charge in [-0.3, -0.25) is 0 Å². The summed E-state index contributed by atoms with van der Waals surface area (Å²) in [6.45, 7) is 5.10. The Morgan fingerprint density at radius 3 is 2.56 bits per heavy atom. The molecule has 176 valence electrons. The Kier molecular flexibility index (Phi) is 6.91. The predicted octanol–water partition coefficient (Wildman–Crippen LogP) is 7.96. The van der Waals surface area contributed by atoms with Gasteiger partial charge in [-0.25, -0.2) is 5.01 Å². The largest absolute Gasteiger partial charge is 0.494 e. The third kappa shape index (κ3) is 4.85. The van der Waals surface area contributed by atoms with Gasteiger partial charge in [0.1, 0.15) is 11.5 Å². The Hall–Kier alpha value is -2.79. The van der Waals surface area contributed by atoms with E-state index in [1.54, 1.807) is 0 Å². The number of ether oxygens (including phenoxy) is 2. The predicted molar refractivity (Wildman–Crippen MR) is 141 cm³/mol. The van der Waals surface area contributed by atoms with Crippen LogP contribution in [0.1, 0.15) is 73.6 Å². The quantitative estimate of drug-likeness (QED) is 0.283. The molecule has 3 aromatic rings. The van der Waals surface area contributed by atoms with Gasteiger partial charge in [-0.1, -0.05) is 71.9 Å². The van der Waals surface area contributed by atoms with Crippen LogP contribution in [0, 0.1) is 6.92 Å². The van der Waals surface area contributed by atoms with Crippen molar-refractivity contribution < 1.29 is 9.47 Å². The standard InChI is InChI=1S/C29H31BrN2O2/c1-3-4-5-6-17-33-24-14-11-22(12-15-24)29-32-27(25-18-23(30)13-16-28(25)34-29)19-26(31-32)21-9-7-20(2)8-10-21/h7-16,18,27,29H,3-6,17,19H2,1-2H3/t27-,29-/m0/s1. The average molecular weight is 519 g/mol. The van der Waals surface area contributed by atoms with Crippen LogP contribution in [0.3, 0.4) is 0 Å². The first kappa shape index (κ1) is 23.0. The van der Waals surface area contributed by atoms with Crippen LogP contribution in [0.2, 0.25) is 0 Å². The number of hydrogen-bond donors (Lipinski definition) is 0. The van der Waals surface area contributed by atoms with E-state index >= 15 is 0 Å². The lowest BCUT2D eigenvalue weighted by molar-refractivity contribution is -0.0191. The average Bonchev–Trinajstić information content (AvgIpc) is 3.30. The smallest absolute Gasteiger partial charge is 0.213 e. The van der Waals surface area contributed by atoms with Crippen molar-refractivity contribution in [3.8, 4) is 11.5 Å². The second-order valence-corrected chi connectivity index (χ2v) is 10.1. The van der Waals surface area contributed by atoms with E-state index in [2.05, 4.69) is 83.3 Å². The monoisotopic (exact) mass is 518 g/mol. The summed E-state index contributed by atoms with van der Waals surface area (Å²) >= 11 is 3.63. The lowest BCUT2D eigenvalue weighted by atomic mass is 9.95. The summed E-state index contributed by atoms with van der Waals surface area (Å²) in [7, 11) is 0. The molecule has 3 aromatic carbocycles. The molecule has 0 spiro atoms. The van der Waals surface area contributed by atoms with Crippen LogP contribution in [0.25, 0.3) is 0 Å². The Balaban J connectivity index is 1.40. The van der Waals surface area contributed by atoms with Crippen molar-refractivity contribution in [2.24, 2.45) is 5.10 Å². The summed E-state index contributed by atoms with van der Waals surface area (Å²) in [4.78, 5) is 0. The van der Waals surface area contributed by atoms with E-state index in [-0.39, 0.29) is 12.3 Å². The molecule has 0 N–H and O–H groups in total. The number of hydrazone groups is 1. The van der Waals surface area contributed by atoms with Crippen LogP contribution < -0.4 is 9.47 Å². The summed E-state index contributed by atoms with van der Waals surface area (Å²) in [6.07, 6.45) is 5.39. The molecule has 0 radical (unpaired) electrons. The van der Waals surface area contributed by atoms with Crippen LogP contribution >= 0.6 is 15.9 Å². The highest BCUT2D eigenvalue weighted by molar-refractivity contribution is 9.10. The first-order chi connectivity index (χ1) is 16.6. The van der Waals surface area contributed by atoms with Gasteiger partial charge in [0.15, 0.2) is 0 Å². The van der Waals surface area contributed by atoms with Crippen molar-refractivity contribution in [1.29, 1.82) is 0 Å². The van der Waals surface area contributed by atoms with Crippen LogP contribution in [-0.4, -0.2) is 17.3 Å². The highest BCUT2D eigenvalue weighted by Crippen LogP contribution is 2.48. The minimum atomic E-state index is -0.278. The minimum absolute atomic E-state index is 0.136. The van der Waals surface area contributed by atoms with Crippen molar-refractivity contribution in [3.63, 3.8) is 0 Å².